The van der Waals surface area contributed by atoms with Gasteiger partial charge in [-0.2, -0.15) is 5.26 Å². The fourth-order valence-electron chi connectivity index (χ4n) is 4.68. The Labute approximate surface area is 119 Å². The van der Waals surface area contributed by atoms with Gasteiger partial charge >= 0.3 is 0 Å². The van der Waals surface area contributed by atoms with Gasteiger partial charge < -0.3 is 0 Å². The van der Waals surface area contributed by atoms with Gasteiger partial charge in [0.05, 0.1) is 6.07 Å². The smallest absolute Gasteiger partial charge is 0.0655 e. The van der Waals surface area contributed by atoms with Crippen LogP contribution in [-0.2, 0) is 0 Å². The van der Waals surface area contributed by atoms with Gasteiger partial charge in [-0.1, -0.05) is 45.4 Å². The van der Waals surface area contributed by atoms with Crippen molar-refractivity contribution in [3.05, 3.63) is 0 Å². The predicted octanol–water partition coefficient (Wildman–Crippen LogP) is 5.85. The van der Waals surface area contributed by atoms with E-state index in [0.717, 1.165) is 5.92 Å². The first-order valence-corrected chi connectivity index (χ1v) is 8.70. The van der Waals surface area contributed by atoms with Crippen LogP contribution in [0, 0.1) is 28.6 Å². The molecule has 19 heavy (non-hydrogen) atoms. The largest absolute Gasteiger partial charge is 0.198 e. The molecule has 0 aromatic heterocycles. The van der Waals surface area contributed by atoms with Crippen LogP contribution >= 0.6 is 0 Å². The van der Waals surface area contributed by atoms with Crippen molar-refractivity contribution in [3.8, 4) is 6.07 Å². The third-order valence-corrected chi connectivity index (χ3v) is 5.90. The zero-order valence-electron chi connectivity index (χ0n) is 12.8. The molecule has 0 saturated heterocycles. The second-order valence-corrected chi connectivity index (χ2v) is 7.06. The fraction of sp³-hybridized carbons (Fsp3) is 0.944. The average molecular weight is 261 g/mol. The number of nitrogens with zero attached hydrogens (tertiary/aromatic N) is 1. The van der Waals surface area contributed by atoms with Crippen LogP contribution in [-0.4, -0.2) is 0 Å². The molecule has 0 N–H and O–H groups in total. The van der Waals surface area contributed by atoms with Gasteiger partial charge in [0.1, 0.15) is 0 Å². The van der Waals surface area contributed by atoms with E-state index in [-0.39, 0.29) is 0 Å². The molecular formula is C18H31N. The molecule has 0 unspecified atom stereocenters. The normalized spacial score (nSPS) is 30.7. The van der Waals surface area contributed by atoms with E-state index >= 15 is 0 Å². The molecule has 2 aliphatic carbocycles. The number of unbranched alkanes of at least 4 members (excludes halogenated alkanes) is 2. The first-order chi connectivity index (χ1) is 9.30. The van der Waals surface area contributed by atoms with Crippen LogP contribution in [0.4, 0.5) is 0 Å². The fourth-order valence-corrected chi connectivity index (χ4v) is 4.68. The molecule has 1 heteroatoms. The van der Waals surface area contributed by atoms with Crippen LogP contribution in [0.2, 0.25) is 0 Å². The first-order valence-electron chi connectivity index (χ1n) is 8.70. The van der Waals surface area contributed by atoms with Crippen LogP contribution in [0.15, 0.2) is 0 Å². The molecule has 1 nitrogen and oxygen atoms in total. The van der Waals surface area contributed by atoms with Crippen molar-refractivity contribution >= 4 is 0 Å². The second kappa shape index (κ2) is 7.32. The van der Waals surface area contributed by atoms with Crippen molar-refractivity contribution < 1.29 is 0 Å². The lowest BCUT2D eigenvalue weighted by molar-refractivity contribution is 0.0488. The summed E-state index contributed by atoms with van der Waals surface area (Å²) in [5.41, 5.74) is 0.674. The minimum atomic E-state index is 0.368. The second-order valence-electron chi connectivity index (χ2n) is 7.06. The van der Waals surface area contributed by atoms with E-state index in [1.54, 1.807) is 0 Å². The van der Waals surface area contributed by atoms with Gasteiger partial charge in [0.15, 0.2) is 0 Å². The quantitative estimate of drug-likeness (QED) is 0.570. The highest BCUT2D eigenvalue weighted by Crippen LogP contribution is 2.51. The maximum atomic E-state index is 9.08. The summed E-state index contributed by atoms with van der Waals surface area (Å²) in [6.07, 6.45) is 18.1. The Morgan fingerprint density at radius 1 is 1.00 bits per heavy atom. The summed E-state index contributed by atoms with van der Waals surface area (Å²) < 4.78 is 0. The molecule has 0 amide bonds. The SMILES string of the molecule is CCCCCC1(C2CCC(C#N)CC2)CCCCC1. The van der Waals surface area contributed by atoms with E-state index < -0.39 is 0 Å². The van der Waals surface area contributed by atoms with Crippen molar-refractivity contribution in [3.63, 3.8) is 0 Å². The molecule has 2 fully saturated rings. The molecule has 2 saturated carbocycles. The summed E-state index contributed by atoms with van der Waals surface area (Å²) in [4.78, 5) is 0. The lowest BCUT2D eigenvalue weighted by Crippen LogP contribution is -2.35. The van der Waals surface area contributed by atoms with E-state index in [1.807, 2.05) is 0 Å². The van der Waals surface area contributed by atoms with Crippen LogP contribution in [0.3, 0.4) is 0 Å². The van der Waals surface area contributed by atoms with Gasteiger partial charge in [-0.15, -0.1) is 0 Å². The standard InChI is InChI=1S/C18H31N/c1-2-3-5-12-18(13-6-4-7-14-18)17-10-8-16(15-19)9-11-17/h16-17H,2-14H2,1H3. The Balaban J connectivity index is 1.95. The van der Waals surface area contributed by atoms with Crippen molar-refractivity contribution in [2.45, 2.75) is 90.4 Å². The van der Waals surface area contributed by atoms with Crippen LogP contribution in [0.5, 0.6) is 0 Å². The summed E-state index contributed by atoms with van der Waals surface area (Å²) in [5.74, 6) is 1.31. The van der Waals surface area contributed by atoms with Crippen molar-refractivity contribution in [1.82, 2.24) is 0 Å². The van der Waals surface area contributed by atoms with Crippen LogP contribution in [0.25, 0.3) is 0 Å². The molecule has 0 bridgehead atoms. The van der Waals surface area contributed by atoms with Gasteiger partial charge in [0.25, 0.3) is 0 Å². The summed E-state index contributed by atoms with van der Waals surface area (Å²) in [6, 6.07) is 2.49. The lowest BCUT2D eigenvalue weighted by atomic mass is 9.59. The molecule has 0 aromatic rings. The number of hydrogen-bond donors (Lipinski definition) is 0. The van der Waals surface area contributed by atoms with Gasteiger partial charge in [-0.3, -0.25) is 0 Å². The summed E-state index contributed by atoms with van der Waals surface area (Å²) in [6.45, 7) is 2.31. The highest BCUT2D eigenvalue weighted by molar-refractivity contribution is 4.95. The number of rotatable bonds is 5. The molecule has 0 aromatic carbocycles. The molecule has 2 aliphatic rings. The van der Waals surface area contributed by atoms with Gasteiger partial charge in [0, 0.05) is 5.92 Å². The molecule has 0 spiro atoms. The third-order valence-electron chi connectivity index (χ3n) is 5.90. The summed E-state index contributed by atoms with van der Waals surface area (Å²) in [7, 11) is 0. The van der Waals surface area contributed by atoms with Crippen molar-refractivity contribution in [1.29, 1.82) is 5.26 Å². The van der Waals surface area contributed by atoms with E-state index in [4.69, 9.17) is 5.26 Å². The molecule has 0 heterocycles. The Morgan fingerprint density at radius 2 is 1.68 bits per heavy atom. The molecule has 108 valence electrons. The topological polar surface area (TPSA) is 23.8 Å². The van der Waals surface area contributed by atoms with E-state index in [0.29, 0.717) is 11.3 Å². The first kappa shape index (κ1) is 14.9. The minimum Gasteiger partial charge on any atom is -0.198 e. The summed E-state index contributed by atoms with van der Waals surface area (Å²) in [5, 5.41) is 9.08. The molecule has 2 rings (SSSR count). The maximum Gasteiger partial charge on any atom is 0.0655 e. The van der Waals surface area contributed by atoms with E-state index in [2.05, 4.69) is 13.0 Å². The number of nitriles is 1. The van der Waals surface area contributed by atoms with Gasteiger partial charge in [-0.05, 0) is 56.3 Å². The zero-order valence-corrected chi connectivity index (χ0v) is 12.8. The molecular weight excluding hydrogens is 230 g/mol. The minimum absolute atomic E-state index is 0.368. The maximum absolute atomic E-state index is 9.08. The molecule has 0 aliphatic heterocycles. The number of hydrogen-bond acceptors (Lipinski definition) is 1. The highest BCUT2D eigenvalue weighted by atomic mass is 14.5. The van der Waals surface area contributed by atoms with Crippen molar-refractivity contribution in [2.24, 2.45) is 17.3 Å². The molecule has 0 atom stereocenters. The van der Waals surface area contributed by atoms with E-state index in [9.17, 15) is 0 Å². The van der Waals surface area contributed by atoms with Crippen LogP contribution < -0.4 is 0 Å². The predicted molar refractivity (Wildman–Crippen MR) is 80.7 cm³/mol. The van der Waals surface area contributed by atoms with Gasteiger partial charge in [0.2, 0.25) is 0 Å². The summed E-state index contributed by atoms with van der Waals surface area (Å²) >= 11 is 0. The lowest BCUT2D eigenvalue weighted by Gasteiger charge is -2.46. The monoisotopic (exact) mass is 261 g/mol. The van der Waals surface area contributed by atoms with E-state index in [1.165, 1.54) is 83.5 Å². The van der Waals surface area contributed by atoms with Crippen molar-refractivity contribution in [2.75, 3.05) is 0 Å². The Bertz CT molecular complexity index is 287. The van der Waals surface area contributed by atoms with Gasteiger partial charge in [-0.25, -0.2) is 0 Å². The Morgan fingerprint density at radius 3 is 2.26 bits per heavy atom. The third kappa shape index (κ3) is 3.74. The van der Waals surface area contributed by atoms with Crippen LogP contribution in [0.1, 0.15) is 90.4 Å². The highest BCUT2D eigenvalue weighted by Gasteiger charge is 2.40. The molecule has 0 radical (unpaired) electrons. The average Bonchev–Trinajstić information content (AvgIpc) is 2.49. The Kier molecular flexibility index (Phi) is 5.74. The zero-order chi connectivity index (χ0) is 13.6. The Hall–Kier alpha value is -0.510.